The molecule has 16 heavy (non-hydrogen) atoms. The van der Waals surface area contributed by atoms with E-state index in [9.17, 15) is 21.6 Å². The summed E-state index contributed by atoms with van der Waals surface area (Å²) in [6.07, 6.45) is 2.04. The Hall–Kier alpha value is -0.760. The average molecular weight is 259 g/mol. The van der Waals surface area contributed by atoms with E-state index >= 15 is 0 Å². The Morgan fingerprint density at radius 3 is 2.44 bits per heavy atom. The molecule has 1 unspecified atom stereocenters. The highest BCUT2D eigenvalue weighted by atomic mass is 32.2. The summed E-state index contributed by atoms with van der Waals surface area (Å²) in [5, 5.41) is 0. The standard InChI is InChI=1S/C8H12F3NO3S/c1-7(12)4-2-6(3-5-7)15-16(13,14)8(9,10)11/h2H,3-5,12H2,1H3. The third-order valence-corrected chi connectivity index (χ3v) is 3.24. The van der Waals surface area contributed by atoms with Gasteiger partial charge in [0.05, 0.1) is 0 Å². The molecule has 0 radical (unpaired) electrons. The van der Waals surface area contributed by atoms with Gasteiger partial charge in [0.25, 0.3) is 0 Å². The Morgan fingerprint density at radius 2 is 2.06 bits per heavy atom. The first kappa shape index (κ1) is 13.3. The minimum atomic E-state index is -5.54. The Bertz CT molecular complexity index is 397. The minimum Gasteiger partial charge on any atom is -0.381 e. The molecule has 0 aromatic rings. The first-order valence-electron chi connectivity index (χ1n) is 4.52. The SMILES string of the molecule is CC1(N)CC=C(OS(=O)(=O)C(F)(F)F)CC1. The van der Waals surface area contributed by atoms with Crippen molar-refractivity contribution in [1.82, 2.24) is 0 Å². The second-order valence-corrected chi connectivity index (χ2v) is 5.55. The van der Waals surface area contributed by atoms with E-state index in [0.29, 0.717) is 6.42 Å². The van der Waals surface area contributed by atoms with Crippen molar-refractivity contribution in [2.75, 3.05) is 0 Å². The Kier molecular flexibility index (Phi) is 3.26. The van der Waals surface area contributed by atoms with Gasteiger partial charge in [0.15, 0.2) is 0 Å². The monoisotopic (exact) mass is 259 g/mol. The number of halogens is 3. The molecule has 0 aromatic heterocycles. The molecule has 0 heterocycles. The number of allylic oxidation sites excluding steroid dienone is 1. The molecule has 1 aliphatic rings. The zero-order chi connectivity index (χ0) is 12.6. The van der Waals surface area contributed by atoms with E-state index in [2.05, 4.69) is 4.18 Å². The maximum Gasteiger partial charge on any atom is 0.534 e. The number of hydrogen-bond acceptors (Lipinski definition) is 4. The van der Waals surface area contributed by atoms with Crippen LogP contribution in [0, 0.1) is 0 Å². The molecule has 0 spiro atoms. The molecule has 0 bridgehead atoms. The van der Waals surface area contributed by atoms with Crippen LogP contribution in [-0.4, -0.2) is 19.5 Å². The number of nitrogens with two attached hydrogens (primary N) is 1. The van der Waals surface area contributed by atoms with Gasteiger partial charge in [-0.3, -0.25) is 0 Å². The van der Waals surface area contributed by atoms with E-state index in [0.717, 1.165) is 0 Å². The molecule has 8 heteroatoms. The predicted octanol–water partition coefficient (Wildman–Crippen LogP) is 1.64. The van der Waals surface area contributed by atoms with E-state index in [1.807, 2.05) is 0 Å². The highest BCUT2D eigenvalue weighted by Gasteiger charge is 2.49. The van der Waals surface area contributed by atoms with E-state index in [4.69, 9.17) is 5.73 Å². The van der Waals surface area contributed by atoms with Gasteiger partial charge in [-0.2, -0.15) is 21.6 Å². The minimum absolute atomic E-state index is 0.0856. The first-order chi connectivity index (χ1) is 7.04. The largest absolute Gasteiger partial charge is 0.534 e. The van der Waals surface area contributed by atoms with Crippen molar-refractivity contribution in [2.24, 2.45) is 5.73 Å². The van der Waals surface area contributed by atoms with Crippen molar-refractivity contribution in [3.8, 4) is 0 Å². The lowest BCUT2D eigenvalue weighted by molar-refractivity contribution is -0.0524. The molecule has 1 rings (SSSR count). The van der Waals surface area contributed by atoms with Crippen LogP contribution in [0.15, 0.2) is 11.8 Å². The van der Waals surface area contributed by atoms with Crippen molar-refractivity contribution in [3.05, 3.63) is 11.8 Å². The zero-order valence-corrected chi connectivity index (χ0v) is 9.36. The molecular weight excluding hydrogens is 247 g/mol. The number of hydrogen-bond donors (Lipinski definition) is 1. The predicted molar refractivity (Wildman–Crippen MR) is 50.6 cm³/mol. The summed E-state index contributed by atoms with van der Waals surface area (Å²) in [7, 11) is -5.54. The van der Waals surface area contributed by atoms with Gasteiger partial charge in [0.1, 0.15) is 5.76 Å². The quantitative estimate of drug-likeness (QED) is 0.604. The maximum atomic E-state index is 12.0. The number of rotatable bonds is 2. The fourth-order valence-electron chi connectivity index (χ4n) is 1.22. The molecule has 1 aliphatic carbocycles. The summed E-state index contributed by atoms with van der Waals surface area (Å²) in [4.78, 5) is 0. The Balaban J connectivity index is 2.75. The molecule has 0 saturated carbocycles. The van der Waals surface area contributed by atoms with Crippen molar-refractivity contribution in [3.63, 3.8) is 0 Å². The molecule has 94 valence electrons. The van der Waals surface area contributed by atoms with Crippen LogP contribution >= 0.6 is 0 Å². The molecular formula is C8H12F3NO3S. The second-order valence-electron chi connectivity index (χ2n) is 4.01. The molecule has 0 aliphatic heterocycles. The van der Waals surface area contributed by atoms with Crippen molar-refractivity contribution in [2.45, 2.75) is 37.2 Å². The van der Waals surface area contributed by atoms with Gasteiger partial charge < -0.3 is 9.92 Å². The van der Waals surface area contributed by atoms with Crippen molar-refractivity contribution >= 4 is 10.1 Å². The first-order valence-corrected chi connectivity index (χ1v) is 5.93. The van der Waals surface area contributed by atoms with Gasteiger partial charge in [0, 0.05) is 12.0 Å². The summed E-state index contributed by atoms with van der Waals surface area (Å²) in [6.45, 7) is 1.73. The fourth-order valence-corrected chi connectivity index (χ4v) is 1.75. The summed E-state index contributed by atoms with van der Waals surface area (Å²) < 4.78 is 61.2. The normalized spacial score (nSPS) is 27.4. The third kappa shape index (κ3) is 3.11. The highest BCUT2D eigenvalue weighted by molar-refractivity contribution is 7.87. The summed E-state index contributed by atoms with van der Waals surface area (Å²) in [6, 6.07) is 0. The van der Waals surface area contributed by atoms with Crippen LogP contribution in [0.1, 0.15) is 26.2 Å². The van der Waals surface area contributed by atoms with Crippen molar-refractivity contribution < 1.29 is 25.8 Å². The van der Waals surface area contributed by atoms with Gasteiger partial charge in [-0.15, -0.1) is 0 Å². The molecule has 0 saturated heterocycles. The number of alkyl halides is 3. The lowest BCUT2D eigenvalue weighted by atomic mass is 9.88. The topological polar surface area (TPSA) is 69.4 Å². The highest BCUT2D eigenvalue weighted by Crippen LogP contribution is 2.31. The summed E-state index contributed by atoms with van der Waals surface area (Å²) >= 11 is 0. The van der Waals surface area contributed by atoms with E-state index in [1.54, 1.807) is 6.92 Å². The smallest absolute Gasteiger partial charge is 0.381 e. The van der Waals surface area contributed by atoms with Gasteiger partial charge >= 0.3 is 15.6 Å². The lowest BCUT2D eigenvalue weighted by Gasteiger charge is -2.28. The van der Waals surface area contributed by atoms with Crippen LogP contribution in [0.2, 0.25) is 0 Å². The van der Waals surface area contributed by atoms with Crippen molar-refractivity contribution in [1.29, 1.82) is 0 Å². The van der Waals surface area contributed by atoms with Crippen LogP contribution < -0.4 is 5.73 Å². The molecule has 2 N–H and O–H groups in total. The van der Waals surface area contributed by atoms with Crippen LogP contribution in [-0.2, 0) is 14.3 Å². The molecule has 4 nitrogen and oxygen atoms in total. The Morgan fingerprint density at radius 1 is 1.50 bits per heavy atom. The van der Waals surface area contributed by atoms with Crippen LogP contribution in [0.4, 0.5) is 13.2 Å². The van der Waals surface area contributed by atoms with Crippen LogP contribution in [0.25, 0.3) is 0 Å². The van der Waals surface area contributed by atoms with Gasteiger partial charge in [-0.05, 0) is 25.8 Å². The van der Waals surface area contributed by atoms with Gasteiger partial charge in [-0.25, -0.2) is 0 Å². The van der Waals surface area contributed by atoms with Gasteiger partial charge in [0.2, 0.25) is 0 Å². The summed E-state index contributed by atoms with van der Waals surface area (Å²) in [5.74, 6) is -0.194. The Labute approximate surface area is 91.4 Å². The lowest BCUT2D eigenvalue weighted by Crippen LogP contribution is -2.38. The maximum absolute atomic E-state index is 12.0. The van der Waals surface area contributed by atoms with Crippen LogP contribution in [0.3, 0.4) is 0 Å². The van der Waals surface area contributed by atoms with E-state index in [1.165, 1.54) is 6.08 Å². The van der Waals surface area contributed by atoms with E-state index < -0.39 is 21.2 Å². The average Bonchev–Trinajstić information content (AvgIpc) is 2.06. The van der Waals surface area contributed by atoms with Gasteiger partial charge in [-0.1, -0.05) is 0 Å². The fraction of sp³-hybridized carbons (Fsp3) is 0.750. The third-order valence-electron chi connectivity index (χ3n) is 2.24. The molecule has 0 amide bonds. The molecule has 0 fully saturated rings. The van der Waals surface area contributed by atoms with E-state index in [-0.39, 0.29) is 18.6 Å². The van der Waals surface area contributed by atoms with Crippen LogP contribution in [0.5, 0.6) is 0 Å². The zero-order valence-electron chi connectivity index (χ0n) is 8.54. The summed E-state index contributed by atoms with van der Waals surface area (Å²) in [5.41, 5.74) is -0.193. The molecule has 1 atom stereocenters. The second kappa shape index (κ2) is 3.92. The molecule has 0 aromatic carbocycles.